The molecule has 17 heavy (non-hydrogen) atoms. The summed E-state index contributed by atoms with van der Waals surface area (Å²) in [4.78, 5) is 21.8. The molecule has 0 spiro atoms. The van der Waals surface area contributed by atoms with Gasteiger partial charge >= 0.3 is 12.0 Å². The van der Waals surface area contributed by atoms with Gasteiger partial charge in [-0.1, -0.05) is 0 Å². The highest BCUT2D eigenvalue weighted by atomic mass is 16.5. The average Bonchev–Trinajstić information content (AvgIpc) is 2.30. The molecule has 7 heteroatoms. The smallest absolute Gasteiger partial charge is 0.320 e. The quantitative estimate of drug-likeness (QED) is 0.510. The SMILES string of the molecule is N[C@@H](CCNC(=O)NC1CCOCC1)C(=O)O. The predicted molar refractivity (Wildman–Crippen MR) is 60.6 cm³/mol. The van der Waals surface area contributed by atoms with Crippen molar-refractivity contribution in [3.8, 4) is 0 Å². The highest BCUT2D eigenvalue weighted by molar-refractivity contribution is 5.75. The summed E-state index contributed by atoms with van der Waals surface area (Å²) in [6.07, 6.45) is 1.83. The van der Waals surface area contributed by atoms with Gasteiger partial charge in [-0.2, -0.15) is 0 Å². The molecule has 1 heterocycles. The molecule has 0 aromatic heterocycles. The lowest BCUT2D eigenvalue weighted by Gasteiger charge is -2.23. The van der Waals surface area contributed by atoms with Crippen molar-refractivity contribution in [2.75, 3.05) is 19.8 Å². The van der Waals surface area contributed by atoms with Gasteiger partial charge in [-0.15, -0.1) is 0 Å². The zero-order chi connectivity index (χ0) is 12.7. The van der Waals surface area contributed by atoms with Crippen molar-refractivity contribution in [3.63, 3.8) is 0 Å². The molecule has 0 bridgehead atoms. The number of carboxylic acids is 1. The number of ether oxygens (including phenoxy) is 1. The molecule has 0 aromatic rings. The highest BCUT2D eigenvalue weighted by Gasteiger charge is 2.16. The van der Waals surface area contributed by atoms with Crippen LogP contribution in [0.5, 0.6) is 0 Å². The van der Waals surface area contributed by atoms with Gasteiger partial charge in [-0.3, -0.25) is 4.79 Å². The van der Waals surface area contributed by atoms with Crippen LogP contribution in [0.1, 0.15) is 19.3 Å². The van der Waals surface area contributed by atoms with Gasteiger partial charge in [0.2, 0.25) is 0 Å². The number of hydrogen-bond acceptors (Lipinski definition) is 4. The number of aliphatic carboxylic acids is 1. The Hall–Kier alpha value is -1.34. The first-order valence-electron chi connectivity index (χ1n) is 5.70. The van der Waals surface area contributed by atoms with Gasteiger partial charge in [0.15, 0.2) is 0 Å². The van der Waals surface area contributed by atoms with Crippen LogP contribution in [0, 0.1) is 0 Å². The molecule has 0 unspecified atom stereocenters. The number of nitrogens with one attached hydrogen (secondary N) is 2. The van der Waals surface area contributed by atoms with Crippen LogP contribution in [-0.4, -0.2) is 48.9 Å². The van der Waals surface area contributed by atoms with Gasteiger partial charge in [-0.25, -0.2) is 4.79 Å². The molecule has 1 aliphatic heterocycles. The van der Waals surface area contributed by atoms with Crippen LogP contribution in [0.4, 0.5) is 4.79 Å². The number of amides is 2. The maximum atomic E-state index is 11.4. The zero-order valence-corrected chi connectivity index (χ0v) is 9.65. The second-order valence-electron chi connectivity index (χ2n) is 4.02. The molecule has 98 valence electrons. The molecule has 0 aromatic carbocycles. The minimum Gasteiger partial charge on any atom is -0.480 e. The molecule has 0 radical (unpaired) electrons. The Morgan fingerprint density at radius 1 is 1.41 bits per heavy atom. The zero-order valence-electron chi connectivity index (χ0n) is 9.65. The second-order valence-corrected chi connectivity index (χ2v) is 4.02. The van der Waals surface area contributed by atoms with E-state index in [2.05, 4.69) is 10.6 Å². The Kier molecular flexibility index (Phi) is 5.71. The number of urea groups is 1. The first-order valence-corrected chi connectivity index (χ1v) is 5.70. The highest BCUT2D eigenvalue weighted by Crippen LogP contribution is 2.05. The molecule has 0 aliphatic carbocycles. The van der Waals surface area contributed by atoms with Crippen molar-refractivity contribution in [3.05, 3.63) is 0 Å². The number of carboxylic acid groups (broad SMARTS) is 1. The number of hydrogen-bond donors (Lipinski definition) is 4. The van der Waals surface area contributed by atoms with E-state index in [1.807, 2.05) is 0 Å². The second kappa shape index (κ2) is 7.08. The summed E-state index contributed by atoms with van der Waals surface area (Å²) in [6.45, 7) is 1.58. The van der Waals surface area contributed by atoms with Crippen molar-refractivity contribution < 1.29 is 19.4 Å². The van der Waals surface area contributed by atoms with E-state index < -0.39 is 12.0 Å². The molecule has 1 aliphatic rings. The first kappa shape index (κ1) is 13.7. The standard InChI is InChI=1S/C10H19N3O4/c11-8(9(14)15)1-4-12-10(16)13-7-2-5-17-6-3-7/h7-8H,1-6,11H2,(H,14,15)(H2,12,13,16)/t8-/m0/s1. The molecular formula is C10H19N3O4. The van der Waals surface area contributed by atoms with Crippen LogP contribution in [-0.2, 0) is 9.53 Å². The van der Waals surface area contributed by atoms with Crippen molar-refractivity contribution >= 4 is 12.0 Å². The fourth-order valence-electron chi connectivity index (χ4n) is 1.54. The fraction of sp³-hybridized carbons (Fsp3) is 0.800. The summed E-state index contributed by atoms with van der Waals surface area (Å²) >= 11 is 0. The first-order chi connectivity index (χ1) is 8.09. The summed E-state index contributed by atoms with van der Waals surface area (Å²) in [5.74, 6) is -1.06. The normalized spacial score (nSPS) is 18.4. The van der Waals surface area contributed by atoms with Gasteiger partial charge in [0.1, 0.15) is 6.04 Å². The van der Waals surface area contributed by atoms with E-state index in [9.17, 15) is 9.59 Å². The minimum atomic E-state index is -1.06. The number of carbonyl (C=O) groups excluding carboxylic acids is 1. The third-order valence-corrected chi connectivity index (χ3v) is 2.61. The maximum absolute atomic E-state index is 11.4. The lowest BCUT2D eigenvalue weighted by Crippen LogP contribution is -2.45. The van der Waals surface area contributed by atoms with E-state index in [0.717, 1.165) is 12.8 Å². The van der Waals surface area contributed by atoms with Crippen LogP contribution in [0.25, 0.3) is 0 Å². The molecule has 1 fully saturated rings. The maximum Gasteiger partial charge on any atom is 0.320 e. The molecule has 1 rings (SSSR count). The lowest BCUT2D eigenvalue weighted by atomic mass is 10.1. The predicted octanol–water partition coefficient (Wildman–Crippen LogP) is -0.733. The van der Waals surface area contributed by atoms with Crippen LogP contribution >= 0.6 is 0 Å². The van der Waals surface area contributed by atoms with E-state index in [-0.39, 0.29) is 25.0 Å². The van der Waals surface area contributed by atoms with Crippen molar-refractivity contribution in [1.29, 1.82) is 0 Å². The van der Waals surface area contributed by atoms with Crippen molar-refractivity contribution in [2.45, 2.75) is 31.3 Å². The summed E-state index contributed by atoms with van der Waals surface area (Å²) < 4.78 is 5.17. The van der Waals surface area contributed by atoms with Crippen molar-refractivity contribution in [2.24, 2.45) is 5.73 Å². The number of nitrogens with two attached hydrogens (primary N) is 1. The molecule has 7 nitrogen and oxygen atoms in total. The molecule has 0 saturated carbocycles. The molecule has 2 amide bonds. The Balaban J connectivity index is 2.10. The molecular weight excluding hydrogens is 226 g/mol. The summed E-state index contributed by atoms with van der Waals surface area (Å²) in [5.41, 5.74) is 5.30. The monoisotopic (exact) mass is 245 g/mol. The average molecular weight is 245 g/mol. The van der Waals surface area contributed by atoms with Gasteiger partial charge < -0.3 is 26.2 Å². The van der Waals surface area contributed by atoms with E-state index in [1.54, 1.807) is 0 Å². The van der Waals surface area contributed by atoms with Crippen LogP contribution < -0.4 is 16.4 Å². The summed E-state index contributed by atoms with van der Waals surface area (Å²) in [5, 5.41) is 13.9. The van der Waals surface area contributed by atoms with E-state index >= 15 is 0 Å². The van der Waals surface area contributed by atoms with Gasteiger partial charge in [0.05, 0.1) is 0 Å². The van der Waals surface area contributed by atoms with Gasteiger partial charge in [0.25, 0.3) is 0 Å². The minimum absolute atomic E-state index is 0.136. The number of rotatable bonds is 5. The van der Waals surface area contributed by atoms with Crippen LogP contribution in [0.15, 0.2) is 0 Å². The Bertz CT molecular complexity index is 266. The third-order valence-electron chi connectivity index (χ3n) is 2.61. The van der Waals surface area contributed by atoms with Crippen molar-refractivity contribution in [1.82, 2.24) is 10.6 Å². The van der Waals surface area contributed by atoms with E-state index in [1.165, 1.54) is 0 Å². The van der Waals surface area contributed by atoms with Crippen LogP contribution in [0.2, 0.25) is 0 Å². The Morgan fingerprint density at radius 3 is 2.65 bits per heavy atom. The van der Waals surface area contributed by atoms with E-state index in [4.69, 9.17) is 15.6 Å². The third kappa shape index (κ3) is 5.50. The Morgan fingerprint density at radius 2 is 2.06 bits per heavy atom. The van der Waals surface area contributed by atoms with Gasteiger partial charge in [0, 0.05) is 25.8 Å². The topological polar surface area (TPSA) is 114 Å². The molecule has 1 atom stereocenters. The molecule has 1 saturated heterocycles. The van der Waals surface area contributed by atoms with Gasteiger partial charge in [-0.05, 0) is 19.3 Å². The summed E-state index contributed by atoms with van der Waals surface area (Å²) in [7, 11) is 0. The van der Waals surface area contributed by atoms with E-state index in [0.29, 0.717) is 13.2 Å². The summed E-state index contributed by atoms with van der Waals surface area (Å²) in [6, 6.07) is -1.08. The fourth-order valence-corrected chi connectivity index (χ4v) is 1.54. The molecule has 5 N–H and O–H groups in total. The number of carbonyl (C=O) groups is 2. The largest absolute Gasteiger partial charge is 0.480 e. The lowest BCUT2D eigenvalue weighted by molar-refractivity contribution is -0.138. The Labute approximate surface area is 99.7 Å². The van der Waals surface area contributed by atoms with Crippen LogP contribution in [0.3, 0.4) is 0 Å².